The Morgan fingerprint density at radius 2 is 2.04 bits per heavy atom. The number of carbonyl (C=O) groups is 1. The molecule has 0 spiro atoms. The van der Waals surface area contributed by atoms with Crippen LogP contribution >= 0.6 is 0 Å². The Morgan fingerprint density at radius 3 is 2.76 bits per heavy atom. The number of hydrogen-bond donors (Lipinski definition) is 0. The van der Waals surface area contributed by atoms with Crippen molar-refractivity contribution >= 4 is 5.91 Å². The zero-order chi connectivity index (χ0) is 17.8. The van der Waals surface area contributed by atoms with Crippen LogP contribution in [0.3, 0.4) is 0 Å². The van der Waals surface area contributed by atoms with E-state index in [1.54, 1.807) is 29.2 Å². The SMILES string of the molecule is C=CCn1cc(CN2CCN(Cc3ccccc3F)C(=O)C2)c(C)n1. The van der Waals surface area contributed by atoms with Gasteiger partial charge in [-0.1, -0.05) is 24.3 Å². The number of nitrogens with zero attached hydrogens (tertiary/aromatic N) is 4. The Labute approximate surface area is 147 Å². The summed E-state index contributed by atoms with van der Waals surface area (Å²) >= 11 is 0. The van der Waals surface area contributed by atoms with E-state index in [0.717, 1.165) is 17.8 Å². The van der Waals surface area contributed by atoms with E-state index < -0.39 is 0 Å². The first-order valence-corrected chi connectivity index (χ1v) is 8.44. The van der Waals surface area contributed by atoms with Crippen LogP contribution in [-0.4, -0.2) is 45.1 Å². The first-order valence-electron chi connectivity index (χ1n) is 8.44. The average Bonchev–Trinajstić information content (AvgIpc) is 2.92. The van der Waals surface area contributed by atoms with Gasteiger partial charge in [-0.2, -0.15) is 5.10 Å². The molecule has 5 nitrogen and oxygen atoms in total. The van der Waals surface area contributed by atoms with Crippen LogP contribution in [0, 0.1) is 12.7 Å². The normalized spacial score (nSPS) is 15.6. The molecule has 1 fully saturated rings. The zero-order valence-electron chi connectivity index (χ0n) is 14.5. The van der Waals surface area contributed by atoms with Crippen LogP contribution in [0.4, 0.5) is 4.39 Å². The maximum absolute atomic E-state index is 13.8. The molecular weight excluding hydrogens is 319 g/mol. The van der Waals surface area contributed by atoms with Gasteiger partial charge in [-0.25, -0.2) is 4.39 Å². The summed E-state index contributed by atoms with van der Waals surface area (Å²) in [4.78, 5) is 16.3. The quantitative estimate of drug-likeness (QED) is 0.757. The van der Waals surface area contributed by atoms with Gasteiger partial charge in [0.25, 0.3) is 0 Å². The number of aromatic nitrogens is 2. The standard InChI is InChI=1S/C19H23FN4O/c1-3-8-24-13-17(15(2)21-24)11-22-9-10-23(19(25)14-22)12-16-6-4-5-7-18(16)20/h3-7,13H,1,8-12,14H2,2H3. The minimum absolute atomic E-state index is 0.0330. The fourth-order valence-electron chi connectivity index (χ4n) is 3.07. The monoisotopic (exact) mass is 342 g/mol. The van der Waals surface area contributed by atoms with Gasteiger partial charge < -0.3 is 4.90 Å². The van der Waals surface area contributed by atoms with Crippen LogP contribution < -0.4 is 0 Å². The molecule has 1 aromatic carbocycles. The van der Waals surface area contributed by atoms with Crippen molar-refractivity contribution in [3.8, 4) is 0 Å². The summed E-state index contributed by atoms with van der Waals surface area (Å²) < 4.78 is 15.6. The number of allylic oxidation sites excluding steroid dienone is 1. The van der Waals surface area contributed by atoms with Crippen LogP contribution in [0.1, 0.15) is 16.8 Å². The first-order chi connectivity index (χ1) is 12.1. The zero-order valence-corrected chi connectivity index (χ0v) is 14.5. The number of piperazine rings is 1. The molecule has 1 aliphatic rings. The second-order valence-corrected chi connectivity index (χ2v) is 6.37. The smallest absolute Gasteiger partial charge is 0.237 e. The lowest BCUT2D eigenvalue weighted by molar-refractivity contribution is -0.136. The van der Waals surface area contributed by atoms with Gasteiger partial charge in [0, 0.05) is 43.5 Å². The van der Waals surface area contributed by atoms with Crippen molar-refractivity contribution in [2.24, 2.45) is 0 Å². The van der Waals surface area contributed by atoms with E-state index in [2.05, 4.69) is 16.6 Å². The Bertz CT molecular complexity index is 771. The van der Waals surface area contributed by atoms with Gasteiger partial charge in [0.05, 0.1) is 18.8 Å². The summed E-state index contributed by atoms with van der Waals surface area (Å²) in [5.41, 5.74) is 2.66. The summed E-state index contributed by atoms with van der Waals surface area (Å²) in [5.74, 6) is -0.228. The number of hydrogen-bond acceptors (Lipinski definition) is 3. The summed E-state index contributed by atoms with van der Waals surface area (Å²) in [6.07, 6.45) is 3.81. The van der Waals surface area contributed by atoms with E-state index in [1.807, 2.05) is 17.8 Å². The number of rotatable bonds is 6. The van der Waals surface area contributed by atoms with E-state index >= 15 is 0 Å². The van der Waals surface area contributed by atoms with E-state index in [9.17, 15) is 9.18 Å². The van der Waals surface area contributed by atoms with Gasteiger partial charge in [-0.15, -0.1) is 6.58 Å². The third kappa shape index (κ3) is 4.14. The first kappa shape index (κ1) is 17.4. The molecule has 0 radical (unpaired) electrons. The maximum Gasteiger partial charge on any atom is 0.237 e. The van der Waals surface area contributed by atoms with Crippen molar-refractivity contribution < 1.29 is 9.18 Å². The van der Waals surface area contributed by atoms with E-state index in [0.29, 0.717) is 38.3 Å². The van der Waals surface area contributed by atoms with Gasteiger partial charge >= 0.3 is 0 Å². The topological polar surface area (TPSA) is 41.4 Å². The maximum atomic E-state index is 13.8. The second kappa shape index (κ2) is 7.61. The minimum Gasteiger partial charge on any atom is -0.336 e. The third-order valence-corrected chi connectivity index (χ3v) is 4.47. The predicted molar refractivity (Wildman–Crippen MR) is 94.3 cm³/mol. The fraction of sp³-hybridized carbons (Fsp3) is 0.368. The molecule has 0 unspecified atom stereocenters. The summed E-state index contributed by atoms with van der Waals surface area (Å²) in [5, 5.41) is 4.45. The van der Waals surface area contributed by atoms with Gasteiger partial charge in [-0.3, -0.25) is 14.4 Å². The molecule has 1 aliphatic heterocycles. The summed E-state index contributed by atoms with van der Waals surface area (Å²) in [7, 11) is 0. The van der Waals surface area contributed by atoms with Crippen LogP contribution in [0.25, 0.3) is 0 Å². The van der Waals surface area contributed by atoms with Crippen LogP contribution in [0.15, 0.2) is 43.1 Å². The van der Waals surface area contributed by atoms with Crippen molar-refractivity contribution in [3.63, 3.8) is 0 Å². The van der Waals surface area contributed by atoms with Crippen molar-refractivity contribution in [1.82, 2.24) is 19.6 Å². The highest BCUT2D eigenvalue weighted by Crippen LogP contribution is 2.15. The van der Waals surface area contributed by atoms with Gasteiger partial charge in [-0.05, 0) is 13.0 Å². The second-order valence-electron chi connectivity index (χ2n) is 6.37. The molecule has 0 bridgehead atoms. The molecular formula is C19H23FN4O. The number of amides is 1. The predicted octanol–water partition coefficient (Wildman–Crippen LogP) is 2.36. The molecule has 25 heavy (non-hydrogen) atoms. The van der Waals surface area contributed by atoms with Crippen molar-refractivity contribution in [2.45, 2.75) is 26.6 Å². The van der Waals surface area contributed by atoms with Gasteiger partial charge in [0.15, 0.2) is 0 Å². The molecule has 6 heteroatoms. The number of aryl methyl sites for hydroxylation is 1. The Morgan fingerprint density at radius 1 is 1.24 bits per heavy atom. The van der Waals surface area contributed by atoms with Crippen LogP contribution in [0.5, 0.6) is 0 Å². The van der Waals surface area contributed by atoms with E-state index in [-0.39, 0.29) is 11.7 Å². The van der Waals surface area contributed by atoms with Crippen molar-refractivity contribution in [3.05, 3.63) is 65.8 Å². The number of carbonyl (C=O) groups excluding carboxylic acids is 1. The lowest BCUT2D eigenvalue weighted by atomic mass is 10.1. The molecule has 3 rings (SSSR count). The summed E-state index contributed by atoms with van der Waals surface area (Å²) in [6.45, 7) is 9.12. The molecule has 0 saturated carbocycles. The lowest BCUT2D eigenvalue weighted by Gasteiger charge is -2.34. The van der Waals surface area contributed by atoms with Crippen molar-refractivity contribution in [2.75, 3.05) is 19.6 Å². The number of halogens is 1. The molecule has 1 aromatic heterocycles. The molecule has 132 valence electrons. The average molecular weight is 342 g/mol. The molecule has 0 atom stereocenters. The highest BCUT2D eigenvalue weighted by Gasteiger charge is 2.25. The Kier molecular flexibility index (Phi) is 5.28. The van der Waals surface area contributed by atoms with Crippen LogP contribution in [0.2, 0.25) is 0 Å². The highest BCUT2D eigenvalue weighted by atomic mass is 19.1. The largest absolute Gasteiger partial charge is 0.336 e. The fourth-order valence-corrected chi connectivity index (χ4v) is 3.07. The molecule has 1 amide bonds. The molecule has 1 saturated heterocycles. The van der Waals surface area contributed by atoms with Crippen molar-refractivity contribution in [1.29, 1.82) is 0 Å². The third-order valence-electron chi connectivity index (χ3n) is 4.47. The van der Waals surface area contributed by atoms with Gasteiger partial charge in [0.2, 0.25) is 5.91 Å². The van der Waals surface area contributed by atoms with Gasteiger partial charge in [0.1, 0.15) is 5.82 Å². The Balaban J connectivity index is 1.59. The molecule has 0 N–H and O–H groups in total. The summed E-state index contributed by atoms with van der Waals surface area (Å²) in [6, 6.07) is 6.61. The minimum atomic E-state index is -0.261. The Hall–Kier alpha value is -2.47. The lowest BCUT2D eigenvalue weighted by Crippen LogP contribution is -2.49. The number of benzene rings is 1. The highest BCUT2D eigenvalue weighted by molar-refractivity contribution is 5.79. The van der Waals surface area contributed by atoms with Crippen LogP contribution in [-0.2, 0) is 24.4 Å². The molecule has 0 aliphatic carbocycles. The van der Waals surface area contributed by atoms with E-state index in [1.165, 1.54) is 6.07 Å². The molecule has 2 heterocycles. The van der Waals surface area contributed by atoms with E-state index in [4.69, 9.17) is 0 Å². The molecule has 2 aromatic rings.